The molecule has 1 fully saturated rings. The SMILES string of the molecule is COc1ccc(N2C(=O)NC(=O)/C(=C\c3ccc(OCc4c(C)ccc5ccccc45)cc3)C2=O)cc1. The third kappa shape index (κ3) is 4.79. The van der Waals surface area contributed by atoms with Crippen LogP contribution in [0.25, 0.3) is 16.8 Å². The molecule has 1 heterocycles. The monoisotopic (exact) mass is 492 g/mol. The number of nitrogens with one attached hydrogen (secondary N) is 1. The molecule has 0 atom stereocenters. The number of amides is 4. The molecule has 7 heteroatoms. The Morgan fingerprint density at radius 1 is 0.838 bits per heavy atom. The molecular weight excluding hydrogens is 468 g/mol. The summed E-state index contributed by atoms with van der Waals surface area (Å²) in [4.78, 5) is 38.9. The van der Waals surface area contributed by atoms with Crippen molar-refractivity contribution in [2.45, 2.75) is 13.5 Å². The lowest BCUT2D eigenvalue weighted by Gasteiger charge is -2.26. The van der Waals surface area contributed by atoms with Crippen LogP contribution in [0.4, 0.5) is 10.5 Å². The van der Waals surface area contributed by atoms with Gasteiger partial charge >= 0.3 is 6.03 Å². The third-order valence-corrected chi connectivity index (χ3v) is 6.28. The predicted molar refractivity (Wildman–Crippen MR) is 141 cm³/mol. The maximum Gasteiger partial charge on any atom is 0.335 e. The number of carbonyl (C=O) groups excluding carboxylic acids is 3. The minimum atomic E-state index is -0.801. The molecule has 0 aromatic heterocycles. The number of imide groups is 2. The van der Waals surface area contributed by atoms with Gasteiger partial charge in [0.1, 0.15) is 23.7 Å². The van der Waals surface area contributed by atoms with E-state index in [-0.39, 0.29) is 5.57 Å². The van der Waals surface area contributed by atoms with Gasteiger partial charge in [0, 0.05) is 5.56 Å². The number of hydrogen-bond donors (Lipinski definition) is 1. The number of benzene rings is 4. The van der Waals surface area contributed by atoms with E-state index in [1.165, 1.54) is 13.2 Å². The first-order chi connectivity index (χ1) is 17.9. The van der Waals surface area contributed by atoms with Crippen molar-refractivity contribution >= 4 is 40.4 Å². The molecule has 37 heavy (non-hydrogen) atoms. The topological polar surface area (TPSA) is 84.9 Å². The van der Waals surface area contributed by atoms with Crippen molar-refractivity contribution in [3.05, 3.63) is 107 Å². The highest BCUT2D eigenvalue weighted by Gasteiger charge is 2.36. The second-order valence-corrected chi connectivity index (χ2v) is 8.60. The molecule has 5 rings (SSSR count). The van der Waals surface area contributed by atoms with Gasteiger partial charge in [-0.15, -0.1) is 0 Å². The van der Waals surface area contributed by atoms with E-state index in [2.05, 4.69) is 36.5 Å². The number of rotatable bonds is 6. The van der Waals surface area contributed by atoms with Gasteiger partial charge in [-0.25, -0.2) is 9.69 Å². The number of aryl methyl sites for hydroxylation is 1. The van der Waals surface area contributed by atoms with Crippen molar-refractivity contribution in [2.24, 2.45) is 0 Å². The minimum Gasteiger partial charge on any atom is -0.497 e. The van der Waals surface area contributed by atoms with E-state index >= 15 is 0 Å². The number of carbonyl (C=O) groups is 3. The minimum absolute atomic E-state index is 0.143. The van der Waals surface area contributed by atoms with Crippen LogP contribution in [0.3, 0.4) is 0 Å². The quantitative estimate of drug-likeness (QED) is 0.288. The van der Waals surface area contributed by atoms with Gasteiger partial charge in [0.05, 0.1) is 12.8 Å². The van der Waals surface area contributed by atoms with Crippen molar-refractivity contribution in [3.63, 3.8) is 0 Å². The molecular formula is C30H24N2O5. The Hall–Kier alpha value is -4.91. The molecule has 7 nitrogen and oxygen atoms in total. The van der Waals surface area contributed by atoms with E-state index in [1.54, 1.807) is 48.5 Å². The van der Waals surface area contributed by atoms with E-state index in [1.807, 2.05) is 12.1 Å². The Kier molecular flexibility index (Phi) is 6.43. The summed E-state index contributed by atoms with van der Waals surface area (Å²) in [7, 11) is 1.52. The van der Waals surface area contributed by atoms with Crippen LogP contribution in [0, 0.1) is 6.92 Å². The molecule has 1 aliphatic rings. The average Bonchev–Trinajstić information content (AvgIpc) is 2.91. The zero-order valence-corrected chi connectivity index (χ0v) is 20.4. The summed E-state index contributed by atoms with van der Waals surface area (Å²) >= 11 is 0. The van der Waals surface area contributed by atoms with E-state index in [0.717, 1.165) is 26.8 Å². The normalized spacial score (nSPS) is 14.7. The van der Waals surface area contributed by atoms with Crippen LogP contribution in [0.2, 0.25) is 0 Å². The highest BCUT2D eigenvalue weighted by atomic mass is 16.5. The Morgan fingerprint density at radius 3 is 2.27 bits per heavy atom. The number of ether oxygens (including phenoxy) is 2. The van der Waals surface area contributed by atoms with Gasteiger partial charge in [-0.05, 0) is 71.3 Å². The van der Waals surface area contributed by atoms with Crippen LogP contribution in [0.15, 0.2) is 90.5 Å². The summed E-state index contributed by atoms with van der Waals surface area (Å²) in [6, 6.07) is 25.1. The van der Waals surface area contributed by atoms with Crippen LogP contribution in [0.5, 0.6) is 11.5 Å². The number of nitrogens with zero attached hydrogens (tertiary/aromatic N) is 1. The first kappa shape index (κ1) is 23.8. The lowest BCUT2D eigenvalue weighted by Crippen LogP contribution is -2.54. The Labute approximate surface area is 213 Å². The van der Waals surface area contributed by atoms with Crippen LogP contribution in [-0.4, -0.2) is 25.0 Å². The zero-order valence-electron chi connectivity index (χ0n) is 20.4. The van der Waals surface area contributed by atoms with Gasteiger partial charge in [-0.1, -0.05) is 48.5 Å². The largest absolute Gasteiger partial charge is 0.497 e. The lowest BCUT2D eigenvalue weighted by molar-refractivity contribution is -0.122. The van der Waals surface area contributed by atoms with E-state index in [0.29, 0.717) is 29.4 Å². The number of methoxy groups -OCH3 is 1. The maximum absolute atomic E-state index is 13.1. The number of anilines is 1. The smallest absolute Gasteiger partial charge is 0.335 e. The third-order valence-electron chi connectivity index (χ3n) is 6.28. The number of urea groups is 1. The second kappa shape index (κ2) is 9.99. The standard InChI is InChI=1S/C30H24N2O5/c1-19-7-10-21-5-3-4-6-25(21)27(19)18-37-24-13-8-20(9-14-24)17-26-28(33)31-30(35)32(29(26)34)22-11-15-23(36-2)16-12-22/h3-17H,18H2,1-2H3,(H,31,33,35)/b26-17+. The Balaban J connectivity index is 1.34. The van der Waals surface area contributed by atoms with Crippen molar-refractivity contribution in [1.29, 1.82) is 0 Å². The van der Waals surface area contributed by atoms with E-state index in [4.69, 9.17) is 9.47 Å². The summed E-state index contributed by atoms with van der Waals surface area (Å²) in [5.74, 6) is -0.209. The first-order valence-electron chi connectivity index (χ1n) is 11.7. The Bertz CT molecular complexity index is 1540. The van der Waals surface area contributed by atoms with Crippen LogP contribution in [-0.2, 0) is 16.2 Å². The fourth-order valence-corrected chi connectivity index (χ4v) is 4.24. The van der Waals surface area contributed by atoms with E-state index < -0.39 is 17.8 Å². The summed E-state index contributed by atoms with van der Waals surface area (Å²) in [5, 5.41) is 4.54. The molecule has 1 N–H and O–H groups in total. The molecule has 184 valence electrons. The number of barbiturate groups is 1. The molecule has 4 aromatic carbocycles. The van der Waals surface area contributed by atoms with Gasteiger partial charge in [0.25, 0.3) is 11.8 Å². The molecule has 0 unspecified atom stereocenters. The highest BCUT2D eigenvalue weighted by Crippen LogP contribution is 2.26. The summed E-state index contributed by atoms with van der Waals surface area (Å²) in [6.45, 7) is 2.47. The van der Waals surface area contributed by atoms with Crippen molar-refractivity contribution in [1.82, 2.24) is 5.32 Å². The lowest BCUT2D eigenvalue weighted by atomic mass is 10.0. The van der Waals surface area contributed by atoms with Crippen LogP contribution >= 0.6 is 0 Å². The van der Waals surface area contributed by atoms with Gasteiger partial charge in [0.15, 0.2) is 0 Å². The summed E-state index contributed by atoms with van der Waals surface area (Å²) < 4.78 is 11.2. The average molecular weight is 493 g/mol. The Morgan fingerprint density at radius 2 is 1.54 bits per heavy atom. The van der Waals surface area contributed by atoms with Gasteiger partial charge in [-0.3, -0.25) is 14.9 Å². The highest BCUT2D eigenvalue weighted by molar-refractivity contribution is 6.39. The van der Waals surface area contributed by atoms with Gasteiger partial charge < -0.3 is 9.47 Å². The van der Waals surface area contributed by atoms with Crippen LogP contribution in [0.1, 0.15) is 16.7 Å². The molecule has 0 radical (unpaired) electrons. The van der Waals surface area contributed by atoms with E-state index in [9.17, 15) is 14.4 Å². The van der Waals surface area contributed by atoms with Crippen molar-refractivity contribution in [3.8, 4) is 11.5 Å². The molecule has 1 saturated heterocycles. The summed E-state index contributed by atoms with van der Waals surface area (Å²) in [5.41, 5.74) is 3.08. The molecule has 4 amide bonds. The fourth-order valence-electron chi connectivity index (χ4n) is 4.24. The molecule has 1 aliphatic heterocycles. The maximum atomic E-state index is 13.1. The molecule has 4 aromatic rings. The van der Waals surface area contributed by atoms with Crippen molar-refractivity contribution < 1.29 is 23.9 Å². The second-order valence-electron chi connectivity index (χ2n) is 8.60. The first-order valence-corrected chi connectivity index (χ1v) is 11.7. The number of fused-ring (bicyclic) bond motifs is 1. The van der Waals surface area contributed by atoms with Gasteiger partial charge in [-0.2, -0.15) is 0 Å². The predicted octanol–water partition coefficient (Wildman–Crippen LogP) is 5.40. The fraction of sp³-hybridized carbons (Fsp3) is 0.100. The van der Waals surface area contributed by atoms with Gasteiger partial charge in [0.2, 0.25) is 0 Å². The summed E-state index contributed by atoms with van der Waals surface area (Å²) in [6.07, 6.45) is 1.46. The zero-order chi connectivity index (χ0) is 25.9. The van der Waals surface area contributed by atoms with Crippen molar-refractivity contribution in [2.75, 3.05) is 12.0 Å². The van der Waals surface area contributed by atoms with Crippen LogP contribution < -0.4 is 19.7 Å². The molecule has 0 spiro atoms. The molecule has 0 saturated carbocycles. The number of hydrogen-bond acceptors (Lipinski definition) is 5. The molecule has 0 aliphatic carbocycles. The molecule has 0 bridgehead atoms.